The molecule has 0 aromatic carbocycles. The molecule has 0 aromatic heterocycles. The quantitative estimate of drug-likeness (QED) is 0.0222. The average Bonchev–Trinajstić information content (AvgIpc) is 0.899. The molecule has 0 heterocycles. The first-order valence-electron chi connectivity index (χ1n) is 44.8. The van der Waals surface area contributed by atoms with Gasteiger partial charge in [-0.2, -0.15) is 0 Å². The van der Waals surface area contributed by atoms with E-state index in [1.807, 2.05) is 0 Å². The van der Waals surface area contributed by atoms with Gasteiger partial charge in [0, 0.05) is 25.7 Å². The van der Waals surface area contributed by atoms with E-state index in [-0.39, 0.29) is 25.7 Å². The number of unbranched alkanes of at least 4 members (excludes halogenated alkanes) is 53. The summed E-state index contributed by atoms with van der Waals surface area (Å²) in [5, 5.41) is 10.7. The van der Waals surface area contributed by atoms with Gasteiger partial charge in [-0.3, -0.25) is 37.3 Å². The van der Waals surface area contributed by atoms with Crippen molar-refractivity contribution in [3.05, 3.63) is 0 Å². The fourth-order valence-corrected chi connectivity index (χ4v) is 15.1. The molecule has 0 rings (SSSR count). The predicted molar refractivity (Wildman–Crippen MR) is 437 cm³/mol. The van der Waals surface area contributed by atoms with Gasteiger partial charge in [-0.1, -0.05) is 408 Å². The van der Waals surface area contributed by atoms with Crippen LogP contribution in [-0.2, 0) is 65.4 Å². The zero-order valence-corrected chi connectivity index (χ0v) is 71.7. The van der Waals surface area contributed by atoms with E-state index in [0.717, 1.165) is 108 Å². The highest BCUT2D eigenvalue weighted by molar-refractivity contribution is 7.47. The molecule has 0 fully saturated rings. The second-order valence-electron chi connectivity index (χ2n) is 32.7. The van der Waals surface area contributed by atoms with Crippen LogP contribution in [0.5, 0.6) is 0 Å². The van der Waals surface area contributed by atoms with Gasteiger partial charge in [-0.15, -0.1) is 0 Å². The lowest BCUT2D eigenvalue weighted by Gasteiger charge is -2.21. The first kappa shape index (κ1) is 104. The summed E-state index contributed by atoms with van der Waals surface area (Å²) in [7, 11) is -9.93. The number of phosphoric ester groups is 2. The summed E-state index contributed by atoms with van der Waals surface area (Å²) < 4.78 is 68.9. The molecular formula is C87H170O17P2. The maximum absolute atomic E-state index is 13.2. The van der Waals surface area contributed by atoms with Gasteiger partial charge in [0.15, 0.2) is 12.2 Å². The summed E-state index contributed by atoms with van der Waals surface area (Å²) in [6.07, 6.45) is 68.1. The smallest absolute Gasteiger partial charge is 0.462 e. The molecule has 5 atom stereocenters. The number of aliphatic hydroxyl groups is 1. The van der Waals surface area contributed by atoms with Gasteiger partial charge in [0.2, 0.25) is 0 Å². The number of phosphoric acid groups is 2. The lowest BCUT2D eigenvalue weighted by Crippen LogP contribution is -2.30. The van der Waals surface area contributed by atoms with Crippen LogP contribution in [0.4, 0.5) is 0 Å². The average molecular weight is 1550 g/mol. The molecule has 17 nitrogen and oxygen atoms in total. The van der Waals surface area contributed by atoms with E-state index >= 15 is 0 Å². The summed E-state index contributed by atoms with van der Waals surface area (Å²) in [4.78, 5) is 73.3. The highest BCUT2D eigenvalue weighted by Gasteiger charge is 2.30. The molecular weight excluding hydrogens is 1380 g/mol. The zero-order chi connectivity index (χ0) is 77.9. The fourth-order valence-electron chi connectivity index (χ4n) is 13.5. The number of esters is 4. The Labute approximate surface area is 651 Å². The van der Waals surface area contributed by atoms with Gasteiger partial charge in [-0.05, 0) is 43.4 Å². The van der Waals surface area contributed by atoms with E-state index < -0.39 is 97.5 Å². The van der Waals surface area contributed by atoms with Crippen molar-refractivity contribution in [2.45, 2.75) is 478 Å². The Kier molecular flexibility index (Phi) is 75.6. The largest absolute Gasteiger partial charge is 0.472 e. The van der Waals surface area contributed by atoms with Crippen LogP contribution in [0.25, 0.3) is 0 Å². The molecule has 3 N–H and O–H groups in total. The number of ether oxygens (including phenoxy) is 4. The first-order valence-corrected chi connectivity index (χ1v) is 47.8. The van der Waals surface area contributed by atoms with Crippen molar-refractivity contribution in [1.82, 2.24) is 0 Å². The number of hydrogen-bond acceptors (Lipinski definition) is 15. The molecule has 0 aliphatic rings. The summed E-state index contributed by atoms with van der Waals surface area (Å²) >= 11 is 0. The van der Waals surface area contributed by atoms with Gasteiger partial charge in [0.1, 0.15) is 19.3 Å². The lowest BCUT2D eigenvalue weighted by molar-refractivity contribution is -0.161. The Bertz CT molecular complexity index is 2040. The maximum Gasteiger partial charge on any atom is 0.472 e. The van der Waals surface area contributed by atoms with Gasteiger partial charge in [-0.25, -0.2) is 9.13 Å². The van der Waals surface area contributed by atoms with Crippen molar-refractivity contribution < 1.29 is 80.2 Å². The van der Waals surface area contributed by atoms with Crippen molar-refractivity contribution in [2.24, 2.45) is 17.8 Å². The first-order chi connectivity index (χ1) is 51.2. The van der Waals surface area contributed by atoms with E-state index in [2.05, 4.69) is 48.5 Å². The van der Waals surface area contributed by atoms with Crippen LogP contribution in [0, 0.1) is 17.8 Å². The van der Waals surface area contributed by atoms with Crippen LogP contribution in [-0.4, -0.2) is 96.7 Å². The Morgan fingerprint density at radius 1 is 0.255 bits per heavy atom. The van der Waals surface area contributed by atoms with E-state index in [1.54, 1.807) is 0 Å². The second kappa shape index (κ2) is 77.0. The SMILES string of the molecule is CCCCCCCCCCCCCCCCCCCCC(=O)O[C@H](COC(=O)CCCCCCCCCCC(C)C)COP(=O)(O)OC[C@H](O)COP(=O)(O)OC[C@@H](COC(=O)CCCCCCCCCCCCCCCCCC(C)C)OC(=O)CCCCCCCCCCCCCCCCCCC(C)C. The number of aliphatic hydroxyl groups excluding tert-OH is 1. The third kappa shape index (κ3) is 80.1. The normalized spacial score (nSPS) is 13.9. The number of hydrogen-bond donors (Lipinski definition) is 3. The molecule has 0 aliphatic heterocycles. The zero-order valence-electron chi connectivity index (χ0n) is 69.9. The van der Waals surface area contributed by atoms with E-state index in [1.165, 1.54) is 270 Å². The van der Waals surface area contributed by atoms with Crippen LogP contribution >= 0.6 is 15.6 Å². The van der Waals surface area contributed by atoms with Crippen LogP contribution in [0.15, 0.2) is 0 Å². The van der Waals surface area contributed by atoms with Crippen molar-refractivity contribution in [3.63, 3.8) is 0 Å². The van der Waals surface area contributed by atoms with Crippen molar-refractivity contribution >= 4 is 39.5 Å². The molecule has 0 aromatic rings. The highest BCUT2D eigenvalue weighted by atomic mass is 31.2. The number of carbonyl (C=O) groups excluding carboxylic acids is 4. The third-order valence-electron chi connectivity index (χ3n) is 20.4. The monoisotopic (exact) mass is 1550 g/mol. The molecule has 0 radical (unpaired) electrons. The number of rotatable bonds is 85. The highest BCUT2D eigenvalue weighted by Crippen LogP contribution is 2.45. The van der Waals surface area contributed by atoms with Crippen LogP contribution < -0.4 is 0 Å². The molecule has 0 saturated heterocycles. The summed E-state index contributed by atoms with van der Waals surface area (Å²) in [6.45, 7) is 12.0. The summed E-state index contributed by atoms with van der Waals surface area (Å²) in [6, 6.07) is 0. The van der Waals surface area contributed by atoms with Gasteiger partial charge < -0.3 is 33.8 Å². The standard InChI is InChI=1S/C87H170O17P2/c1-8-9-10-11-12-13-14-15-16-17-18-24-30-35-40-49-56-63-71-87(92)104-83(75-98-85(90)69-62-55-48-43-42-46-53-60-67-80(6)7)77-102-106(95,96)100-73-81(88)72-99-105(93,94)101-76-82(74-97-84(89)68-61-54-47-39-34-29-26-21-23-28-33-38-45-52-59-66-79(4)5)103-86(91)70-64-57-50-41-36-31-25-20-19-22-27-32-37-44-51-58-65-78(2)3/h78-83,88H,8-77H2,1-7H3,(H,93,94)(H,95,96)/t81-,82-,83-/m1/s1. The Morgan fingerprint density at radius 2 is 0.434 bits per heavy atom. The summed E-state index contributed by atoms with van der Waals surface area (Å²) in [5.74, 6) is 0.239. The van der Waals surface area contributed by atoms with E-state index in [4.69, 9.17) is 37.0 Å². The number of carbonyl (C=O) groups is 4. The molecule has 106 heavy (non-hydrogen) atoms. The fraction of sp³-hybridized carbons (Fsp3) is 0.954. The molecule has 19 heteroatoms. The minimum Gasteiger partial charge on any atom is -0.462 e. The Balaban J connectivity index is 5.25. The van der Waals surface area contributed by atoms with Crippen molar-refractivity contribution in [1.29, 1.82) is 0 Å². The molecule has 0 aliphatic carbocycles. The van der Waals surface area contributed by atoms with Crippen LogP contribution in [0.1, 0.15) is 459 Å². The van der Waals surface area contributed by atoms with Gasteiger partial charge >= 0.3 is 39.5 Å². The van der Waals surface area contributed by atoms with Gasteiger partial charge in [0.05, 0.1) is 26.4 Å². The van der Waals surface area contributed by atoms with E-state index in [9.17, 15) is 43.2 Å². The lowest BCUT2D eigenvalue weighted by atomic mass is 10.0. The molecule has 0 saturated carbocycles. The minimum absolute atomic E-state index is 0.108. The minimum atomic E-state index is -4.97. The third-order valence-corrected chi connectivity index (χ3v) is 22.3. The van der Waals surface area contributed by atoms with Crippen molar-refractivity contribution in [3.8, 4) is 0 Å². The predicted octanol–water partition coefficient (Wildman–Crippen LogP) is 26.5. The molecule has 2 unspecified atom stereocenters. The molecule has 0 amide bonds. The van der Waals surface area contributed by atoms with E-state index in [0.29, 0.717) is 25.7 Å². The summed E-state index contributed by atoms with van der Waals surface area (Å²) in [5.41, 5.74) is 0. The Hall–Kier alpha value is -1.94. The molecule has 0 spiro atoms. The molecule has 630 valence electrons. The van der Waals surface area contributed by atoms with Crippen molar-refractivity contribution in [2.75, 3.05) is 39.6 Å². The second-order valence-corrected chi connectivity index (χ2v) is 35.6. The topological polar surface area (TPSA) is 237 Å². The Morgan fingerprint density at radius 3 is 0.642 bits per heavy atom. The molecule has 0 bridgehead atoms. The van der Waals surface area contributed by atoms with Crippen LogP contribution in [0.3, 0.4) is 0 Å². The van der Waals surface area contributed by atoms with Crippen LogP contribution in [0.2, 0.25) is 0 Å². The van der Waals surface area contributed by atoms with Gasteiger partial charge in [0.25, 0.3) is 0 Å². The maximum atomic E-state index is 13.2.